The monoisotopic (exact) mass is 480 g/mol. The van der Waals surface area contributed by atoms with E-state index < -0.39 is 17.8 Å². The molecule has 1 saturated heterocycles. The van der Waals surface area contributed by atoms with E-state index in [2.05, 4.69) is 5.32 Å². The van der Waals surface area contributed by atoms with Crippen LogP contribution in [0.25, 0.3) is 6.08 Å². The highest BCUT2D eigenvalue weighted by atomic mass is 35.5. The number of hydrogen-bond donors (Lipinski definition) is 1. The van der Waals surface area contributed by atoms with E-state index in [-0.39, 0.29) is 17.9 Å². The molecule has 1 fully saturated rings. The largest absolute Gasteiger partial charge is 0.488 e. The van der Waals surface area contributed by atoms with Gasteiger partial charge in [-0.2, -0.15) is 0 Å². The molecule has 0 spiro atoms. The van der Waals surface area contributed by atoms with Crippen molar-refractivity contribution < 1.29 is 19.1 Å². The smallest absolute Gasteiger partial charge is 0.335 e. The third-order valence-electron chi connectivity index (χ3n) is 5.02. The van der Waals surface area contributed by atoms with Gasteiger partial charge in [-0.3, -0.25) is 14.9 Å². The van der Waals surface area contributed by atoms with Crippen molar-refractivity contribution in [3.8, 4) is 5.75 Å². The number of para-hydroxylation sites is 1. The summed E-state index contributed by atoms with van der Waals surface area (Å²) in [6, 6.07) is 18.2. The number of imide groups is 2. The summed E-state index contributed by atoms with van der Waals surface area (Å²) >= 11 is 12.2. The average Bonchev–Trinajstić information content (AvgIpc) is 2.78. The molecular weight excluding hydrogens is 463 g/mol. The van der Waals surface area contributed by atoms with Crippen LogP contribution in [-0.4, -0.2) is 17.8 Å². The Bertz CT molecular complexity index is 1300. The molecular formula is C25H18Cl2N2O4. The molecule has 0 aliphatic carbocycles. The molecule has 8 heteroatoms. The zero-order valence-corrected chi connectivity index (χ0v) is 19.0. The van der Waals surface area contributed by atoms with E-state index in [0.717, 1.165) is 16.0 Å². The second-order valence-electron chi connectivity index (χ2n) is 7.35. The van der Waals surface area contributed by atoms with Crippen molar-refractivity contribution in [3.05, 3.63) is 99.0 Å². The number of halogens is 2. The number of ether oxygens (including phenoxy) is 1. The summed E-state index contributed by atoms with van der Waals surface area (Å²) < 4.78 is 5.91. The van der Waals surface area contributed by atoms with Gasteiger partial charge in [0.25, 0.3) is 11.8 Å². The molecule has 0 unspecified atom stereocenters. The van der Waals surface area contributed by atoms with Gasteiger partial charge in [0.15, 0.2) is 0 Å². The molecule has 3 aromatic rings. The molecule has 0 aromatic heterocycles. The van der Waals surface area contributed by atoms with Crippen molar-refractivity contribution in [1.29, 1.82) is 0 Å². The van der Waals surface area contributed by atoms with Crippen LogP contribution in [0.4, 0.5) is 10.5 Å². The fourth-order valence-electron chi connectivity index (χ4n) is 3.29. The average molecular weight is 481 g/mol. The number of urea groups is 1. The van der Waals surface area contributed by atoms with E-state index in [1.165, 1.54) is 12.1 Å². The van der Waals surface area contributed by atoms with Crippen LogP contribution in [0.2, 0.25) is 10.0 Å². The summed E-state index contributed by atoms with van der Waals surface area (Å²) in [7, 11) is 0. The molecule has 33 heavy (non-hydrogen) atoms. The highest BCUT2D eigenvalue weighted by Crippen LogP contribution is 2.28. The molecule has 1 heterocycles. The lowest BCUT2D eigenvalue weighted by Gasteiger charge is -2.26. The summed E-state index contributed by atoms with van der Waals surface area (Å²) in [6.45, 7) is 2.05. The van der Waals surface area contributed by atoms with Crippen LogP contribution in [-0.2, 0) is 16.2 Å². The van der Waals surface area contributed by atoms with Crippen molar-refractivity contribution in [1.82, 2.24) is 5.32 Å². The number of carbonyl (C=O) groups excluding carboxylic acids is 3. The molecule has 1 N–H and O–H groups in total. The minimum absolute atomic E-state index is 0.204. The van der Waals surface area contributed by atoms with E-state index in [4.69, 9.17) is 27.9 Å². The Morgan fingerprint density at radius 3 is 2.52 bits per heavy atom. The van der Waals surface area contributed by atoms with Crippen LogP contribution in [0.15, 0.2) is 72.3 Å². The lowest BCUT2D eigenvalue weighted by atomic mass is 10.1. The molecule has 4 rings (SSSR count). The zero-order chi connectivity index (χ0) is 23.5. The first-order chi connectivity index (χ1) is 15.8. The number of barbiturate groups is 1. The molecule has 1 aliphatic heterocycles. The molecule has 0 bridgehead atoms. The Kier molecular flexibility index (Phi) is 6.49. The summed E-state index contributed by atoms with van der Waals surface area (Å²) in [5, 5.41) is 3.20. The first-order valence-electron chi connectivity index (χ1n) is 9.97. The Morgan fingerprint density at radius 2 is 1.76 bits per heavy atom. The maximum Gasteiger partial charge on any atom is 0.335 e. The summed E-state index contributed by atoms with van der Waals surface area (Å²) in [5.41, 5.74) is 2.23. The van der Waals surface area contributed by atoms with Gasteiger partial charge in [0.1, 0.15) is 17.9 Å². The highest BCUT2D eigenvalue weighted by Gasteiger charge is 2.37. The number of benzene rings is 3. The van der Waals surface area contributed by atoms with Gasteiger partial charge < -0.3 is 4.74 Å². The third-order valence-corrected chi connectivity index (χ3v) is 5.66. The molecule has 0 radical (unpaired) electrons. The SMILES string of the molecule is Cc1ccc(N2C(=O)NC(=O)/C(=C\c3ccccc3OCc3cccc(Cl)c3)C2=O)cc1Cl. The van der Waals surface area contributed by atoms with E-state index in [9.17, 15) is 14.4 Å². The fraction of sp³-hybridized carbons (Fsp3) is 0.0800. The number of amides is 4. The van der Waals surface area contributed by atoms with Gasteiger partial charge in [-0.25, -0.2) is 9.69 Å². The van der Waals surface area contributed by atoms with Gasteiger partial charge >= 0.3 is 6.03 Å². The summed E-state index contributed by atoms with van der Waals surface area (Å²) in [4.78, 5) is 39.0. The standard InChI is InChI=1S/C25H18Cl2N2O4/c1-15-9-10-19(13-21(15)27)29-24(31)20(23(30)28-25(29)32)12-17-6-2-3-8-22(17)33-14-16-5-4-7-18(26)11-16/h2-13H,14H2,1H3,(H,28,30,32)/b20-12+. The number of carbonyl (C=O) groups is 3. The quantitative estimate of drug-likeness (QED) is 0.383. The molecule has 3 aromatic carbocycles. The summed E-state index contributed by atoms with van der Waals surface area (Å²) in [5.74, 6) is -1.08. The molecule has 0 atom stereocenters. The number of anilines is 1. The first kappa shape index (κ1) is 22.6. The predicted octanol–water partition coefficient (Wildman–Crippen LogP) is 5.55. The maximum absolute atomic E-state index is 13.2. The topological polar surface area (TPSA) is 75.7 Å². The molecule has 1 aliphatic rings. The lowest BCUT2D eigenvalue weighted by Crippen LogP contribution is -2.54. The number of rotatable bonds is 5. The third kappa shape index (κ3) is 4.92. The maximum atomic E-state index is 13.2. The summed E-state index contributed by atoms with van der Waals surface area (Å²) in [6.07, 6.45) is 1.40. The van der Waals surface area contributed by atoms with Crippen molar-refractivity contribution in [3.63, 3.8) is 0 Å². The van der Waals surface area contributed by atoms with Crippen LogP contribution in [0.1, 0.15) is 16.7 Å². The van der Waals surface area contributed by atoms with Gasteiger partial charge in [0.05, 0.1) is 5.69 Å². The van der Waals surface area contributed by atoms with E-state index >= 15 is 0 Å². The van der Waals surface area contributed by atoms with Crippen LogP contribution in [0.3, 0.4) is 0 Å². The lowest BCUT2D eigenvalue weighted by molar-refractivity contribution is -0.122. The normalized spacial score (nSPS) is 15.1. The Hall–Kier alpha value is -3.61. The van der Waals surface area contributed by atoms with Gasteiger partial charge in [0, 0.05) is 15.6 Å². The van der Waals surface area contributed by atoms with Crippen LogP contribution in [0.5, 0.6) is 5.75 Å². The zero-order valence-electron chi connectivity index (χ0n) is 17.5. The Morgan fingerprint density at radius 1 is 0.970 bits per heavy atom. The van der Waals surface area contributed by atoms with E-state index in [1.54, 1.807) is 55.5 Å². The first-order valence-corrected chi connectivity index (χ1v) is 10.7. The Labute approximate surface area is 200 Å². The van der Waals surface area contributed by atoms with Crippen LogP contribution < -0.4 is 15.0 Å². The molecule has 0 saturated carbocycles. The van der Waals surface area contributed by atoms with Crippen molar-refractivity contribution >= 4 is 52.8 Å². The van der Waals surface area contributed by atoms with E-state index in [0.29, 0.717) is 21.4 Å². The molecule has 4 amide bonds. The second-order valence-corrected chi connectivity index (χ2v) is 8.19. The molecule has 166 valence electrons. The van der Waals surface area contributed by atoms with E-state index in [1.807, 2.05) is 12.1 Å². The van der Waals surface area contributed by atoms with Gasteiger partial charge in [0.2, 0.25) is 0 Å². The van der Waals surface area contributed by atoms with Crippen molar-refractivity contribution in [2.24, 2.45) is 0 Å². The van der Waals surface area contributed by atoms with Gasteiger partial charge in [-0.1, -0.05) is 59.6 Å². The van der Waals surface area contributed by atoms with Crippen molar-refractivity contribution in [2.75, 3.05) is 4.90 Å². The predicted molar refractivity (Wildman–Crippen MR) is 127 cm³/mol. The van der Waals surface area contributed by atoms with Gasteiger partial charge in [-0.05, 0) is 54.5 Å². The number of hydrogen-bond acceptors (Lipinski definition) is 4. The number of nitrogens with one attached hydrogen (secondary N) is 1. The minimum atomic E-state index is -0.840. The van der Waals surface area contributed by atoms with Crippen LogP contribution in [0, 0.1) is 6.92 Å². The van der Waals surface area contributed by atoms with Gasteiger partial charge in [-0.15, -0.1) is 0 Å². The Balaban J connectivity index is 1.65. The minimum Gasteiger partial charge on any atom is -0.488 e. The molecule has 6 nitrogen and oxygen atoms in total. The van der Waals surface area contributed by atoms with Crippen molar-refractivity contribution in [2.45, 2.75) is 13.5 Å². The number of aryl methyl sites for hydroxylation is 1. The van der Waals surface area contributed by atoms with Crippen LogP contribution >= 0.6 is 23.2 Å². The fourth-order valence-corrected chi connectivity index (χ4v) is 3.68. The second kappa shape index (κ2) is 9.48. The number of nitrogens with zero attached hydrogens (tertiary/aromatic N) is 1. The highest BCUT2D eigenvalue weighted by molar-refractivity contribution is 6.39.